The maximum Gasteiger partial charge on any atom is 0.164 e. The summed E-state index contributed by atoms with van der Waals surface area (Å²) in [5.74, 6) is 1.77. The van der Waals surface area contributed by atoms with Crippen LogP contribution in [-0.4, -0.2) is 13.2 Å². The third-order valence-electron chi connectivity index (χ3n) is 2.40. The zero-order valence-corrected chi connectivity index (χ0v) is 8.96. The highest BCUT2D eigenvalue weighted by Crippen LogP contribution is 2.35. The number of aryl methyl sites for hydroxylation is 1. The Hall–Kier alpha value is -1.18. The van der Waals surface area contributed by atoms with Gasteiger partial charge in [0, 0.05) is 5.41 Å². The summed E-state index contributed by atoms with van der Waals surface area (Å²) in [6.45, 7) is 7.76. The lowest BCUT2D eigenvalue weighted by molar-refractivity contribution is 0.140. The first-order valence-corrected chi connectivity index (χ1v) is 4.94. The maximum atomic E-state index is 5.77. The molecule has 1 aromatic carbocycles. The van der Waals surface area contributed by atoms with Crippen molar-refractivity contribution in [2.75, 3.05) is 13.2 Å². The fourth-order valence-electron chi connectivity index (χ4n) is 1.51. The number of para-hydroxylation sites is 1. The third-order valence-corrected chi connectivity index (χ3v) is 2.40. The average Bonchev–Trinajstić information content (AvgIpc) is 2.27. The minimum absolute atomic E-state index is 0.0888. The summed E-state index contributed by atoms with van der Waals surface area (Å²) in [6, 6.07) is 6.00. The van der Waals surface area contributed by atoms with E-state index in [4.69, 9.17) is 9.47 Å². The second-order valence-electron chi connectivity index (χ2n) is 4.64. The first-order chi connectivity index (χ1) is 6.58. The molecular formula is C12H16O2. The van der Waals surface area contributed by atoms with Gasteiger partial charge in [-0.2, -0.15) is 0 Å². The second kappa shape index (κ2) is 3.19. The van der Waals surface area contributed by atoms with E-state index in [1.807, 2.05) is 25.1 Å². The molecular weight excluding hydrogens is 176 g/mol. The van der Waals surface area contributed by atoms with Gasteiger partial charge in [0.25, 0.3) is 0 Å². The maximum absolute atomic E-state index is 5.77. The lowest BCUT2D eigenvalue weighted by atomic mass is 9.97. The summed E-state index contributed by atoms with van der Waals surface area (Å²) >= 11 is 0. The molecule has 0 spiro atoms. The van der Waals surface area contributed by atoms with Crippen LogP contribution in [0.4, 0.5) is 0 Å². The number of hydrogen-bond donors (Lipinski definition) is 0. The number of hydrogen-bond acceptors (Lipinski definition) is 2. The van der Waals surface area contributed by atoms with Crippen molar-refractivity contribution < 1.29 is 9.47 Å². The molecule has 0 radical (unpaired) electrons. The van der Waals surface area contributed by atoms with E-state index in [0.29, 0.717) is 13.2 Å². The van der Waals surface area contributed by atoms with Crippen molar-refractivity contribution in [3.05, 3.63) is 23.8 Å². The van der Waals surface area contributed by atoms with Crippen LogP contribution in [0.1, 0.15) is 19.4 Å². The molecule has 2 nitrogen and oxygen atoms in total. The molecule has 1 heterocycles. The van der Waals surface area contributed by atoms with Gasteiger partial charge in [-0.15, -0.1) is 0 Å². The van der Waals surface area contributed by atoms with Gasteiger partial charge in [0.05, 0.1) is 13.2 Å². The SMILES string of the molecule is Cc1cccc2c1OCC(C)(C)CO2. The smallest absolute Gasteiger partial charge is 0.164 e. The monoisotopic (exact) mass is 192 g/mol. The molecule has 0 fully saturated rings. The van der Waals surface area contributed by atoms with Crippen LogP contribution in [0.25, 0.3) is 0 Å². The molecule has 0 aliphatic carbocycles. The first-order valence-electron chi connectivity index (χ1n) is 4.94. The van der Waals surface area contributed by atoms with Gasteiger partial charge < -0.3 is 9.47 Å². The highest BCUT2D eigenvalue weighted by Gasteiger charge is 2.25. The molecule has 0 N–H and O–H groups in total. The van der Waals surface area contributed by atoms with Crippen LogP contribution in [0.15, 0.2) is 18.2 Å². The number of rotatable bonds is 0. The number of fused-ring (bicyclic) bond motifs is 1. The van der Waals surface area contributed by atoms with E-state index in [0.717, 1.165) is 17.1 Å². The topological polar surface area (TPSA) is 18.5 Å². The minimum atomic E-state index is 0.0888. The number of ether oxygens (including phenoxy) is 2. The standard InChI is InChI=1S/C12H16O2/c1-9-5-4-6-10-11(9)14-8-12(2,3)7-13-10/h4-6H,7-8H2,1-3H3. The molecule has 0 aromatic heterocycles. The Morgan fingerprint density at radius 3 is 2.64 bits per heavy atom. The quantitative estimate of drug-likeness (QED) is 0.629. The second-order valence-corrected chi connectivity index (χ2v) is 4.64. The van der Waals surface area contributed by atoms with Crippen LogP contribution < -0.4 is 9.47 Å². The molecule has 0 saturated carbocycles. The molecule has 2 rings (SSSR count). The molecule has 2 heteroatoms. The van der Waals surface area contributed by atoms with Crippen molar-refractivity contribution in [1.29, 1.82) is 0 Å². The predicted octanol–water partition coefficient (Wildman–Crippen LogP) is 2.79. The fourth-order valence-corrected chi connectivity index (χ4v) is 1.51. The average molecular weight is 192 g/mol. The zero-order valence-electron chi connectivity index (χ0n) is 8.96. The molecule has 1 aliphatic rings. The molecule has 0 saturated heterocycles. The van der Waals surface area contributed by atoms with Crippen LogP contribution in [0.5, 0.6) is 11.5 Å². The van der Waals surface area contributed by atoms with Crippen LogP contribution in [0.2, 0.25) is 0 Å². The Kier molecular flexibility index (Phi) is 2.14. The Bertz CT molecular complexity index is 342. The molecule has 0 bridgehead atoms. The zero-order chi connectivity index (χ0) is 10.2. The van der Waals surface area contributed by atoms with Crippen molar-refractivity contribution >= 4 is 0 Å². The Morgan fingerprint density at radius 1 is 1.14 bits per heavy atom. The normalized spacial score (nSPS) is 18.8. The Morgan fingerprint density at radius 2 is 1.86 bits per heavy atom. The summed E-state index contributed by atoms with van der Waals surface area (Å²) in [5, 5.41) is 0. The van der Waals surface area contributed by atoms with Gasteiger partial charge in [-0.1, -0.05) is 26.0 Å². The molecule has 0 amide bonds. The van der Waals surface area contributed by atoms with Gasteiger partial charge in [0.1, 0.15) is 0 Å². The van der Waals surface area contributed by atoms with E-state index >= 15 is 0 Å². The molecule has 14 heavy (non-hydrogen) atoms. The number of benzene rings is 1. The van der Waals surface area contributed by atoms with Crippen LogP contribution >= 0.6 is 0 Å². The van der Waals surface area contributed by atoms with E-state index < -0.39 is 0 Å². The Balaban J connectivity index is 2.34. The molecule has 0 atom stereocenters. The first kappa shape index (κ1) is 9.38. The highest BCUT2D eigenvalue weighted by molar-refractivity contribution is 5.46. The molecule has 0 unspecified atom stereocenters. The van der Waals surface area contributed by atoms with E-state index in [9.17, 15) is 0 Å². The molecule has 76 valence electrons. The summed E-state index contributed by atoms with van der Waals surface area (Å²) < 4.78 is 11.5. The third kappa shape index (κ3) is 1.69. The van der Waals surface area contributed by atoms with Gasteiger partial charge >= 0.3 is 0 Å². The van der Waals surface area contributed by atoms with Gasteiger partial charge in [0.15, 0.2) is 11.5 Å². The van der Waals surface area contributed by atoms with Gasteiger partial charge in [-0.05, 0) is 18.6 Å². The van der Waals surface area contributed by atoms with E-state index in [2.05, 4.69) is 13.8 Å². The van der Waals surface area contributed by atoms with Crippen LogP contribution in [-0.2, 0) is 0 Å². The van der Waals surface area contributed by atoms with Gasteiger partial charge in [-0.25, -0.2) is 0 Å². The van der Waals surface area contributed by atoms with Crippen LogP contribution in [0.3, 0.4) is 0 Å². The van der Waals surface area contributed by atoms with Crippen molar-refractivity contribution in [2.24, 2.45) is 5.41 Å². The lowest BCUT2D eigenvalue weighted by Gasteiger charge is -2.19. The van der Waals surface area contributed by atoms with Gasteiger partial charge in [0.2, 0.25) is 0 Å². The lowest BCUT2D eigenvalue weighted by Crippen LogP contribution is -2.26. The Labute approximate surface area is 84.8 Å². The van der Waals surface area contributed by atoms with Crippen molar-refractivity contribution in [2.45, 2.75) is 20.8 Å². The van der Waals surface area contributed by atoms with Crippen molar-refractivity contribution in [3.63, 3.8) is 0 Å². The molecule has 1 aromatic rings. The van der Waals surface area contributed by atoms with Crippen LogP contribution in [0, 0.1) is 12.3 Å². The summed E-state index contributed by atoms with van der Waals surface area (Å²) in [6.07, 6.45) is 0. The van der Waals surface area contributed by atoms with E-state index in [1.165, 1.54) is 0 Å². The largest absolute Gasteiger partial charge is 0.489 e. The summed E-state index contributed by atoms with van der Waals surface area (Å²) in [4.78, 5) is 0. The fraction of sp³-hybridized carbons (Fsp3) is 0.500. The van der Waals surface area contributed by atoms with E-state index in [-0.39, 0.29) is 5.41 Å². The summed E-state index contributed by atoms with van der Waals surface area (Å²) in [7, 11) is 0. The van der Waals surface area contributed by atoms with Crippen molar-refractivity contribution in [3.8, 4) is 11.5 Å². The van der Waals surface area contributed by atoms with Crippen molar-refractivity contribution in [1.82, 2.24) is 0 Å². The molecule has 1 aliphatic heterocycles. The van der Waals surface area contributed by atoms with E-state index in [1.54, 1.807) is 0 Å². The predicted molar refractivity (Wildman–Crippen MR) is 56.0 cm³/mol. The minimum Gasteiger partial charge on any atom is -0.489 e. The summed E-state index contributed by atoms with van der Waals surface area (Å²) in [5.41, 5.74) is 1.23. The highest BCUT2D eigenvalue weighted by atomic mass is 16.5. The van der Waals surface area contributed by atoms with Gasteiger partial charge in [-0.3, -0.25) is 0 Å².